The van der Waals surface area contributed by atoms with Gasteiger partial charge in [0.1, 0.15) is 6.07 Å². The van der Waals surface area contributed by atoms with E-state index in [0.717, 1.165) is 0 Å². The van der Waals surface area contributed by atoms with Crippen molar-refractivity contribution in [1.82, 2.24) is 9.97 Å². The summed E-state index contributed by atoms with van der Waals surface area (Å²) in [5.74, 6) is 0.476. The molecule has 1 aromatic carbocycles. The van der Waals surface area contributed by atoms with Crippen LogP contribution in [0.3, 0.4) is 0 Å². The lowest BCUT2D eigenvalue weighted by molar-refractivity contribution is 0.192. The maximum absolute atomic E-state index is 9.33. The standard InChI is InChI=1S/C14H12ClN3O3/c1-19-11-8-12(20-2)18-13(17-11)21-14(15,9-16)10-6-4-3-5-7-10/h3-8H,1-2H3. The maximum atomic E-state index is 9.33. The van der Waals surface area contributed by atoms with Gasteiger partial charge in [0.05, 0.1) is 20.3 Å². The first-order valence-corrected chi connectivity index (χ1v) is 6.31. The zero-order valence-corrected chi connectivity index (χ0v) is 12.2. The van der Waals surface area contributed by atoms with Crippen molar-refractivity contribution in [3.63, 3.8) is 0 Å². The Labute approximate surface area is 126 Å². The van der Waals surface area contributed by atoms with Crippen LogP contribution in [-0.2, 0) is 5.06 Å². The first kappa shape index (κ1) is 14.9. The Morgan fingerprint density at radius 2 is 1.67 bits per heavy atom. The first-order valence-electron chi connectivity index (χ1n) is 5.93. The highest BCUT2D eigenvalue weighted by molar-refractivity contribution is 6.25. The summed E-state index contributed by atoms with van der Waals surface area (Å²) in [6, 6.07) is 11.9. The number of halogens is 1. The molecule has 1 unspecified atom stereocenters. The van der Waals surface area contributed by atoms with Gasteiger partial charge in [-0.05, 0) is 0 Å². The van der Waals surface area contributed by atoms with Crippen LogP contribution >= 0.6 is 11.6 Å². The molecular weight excluding hydrogens is 294 g/mol. The summed E-state index contributed by atoms with van der Waals surface area (Å²) in [6.07, 6.45) is 0. The van der Waals surface area contributed by atoms with E-state index in [0.29, 0.717) is 5.56 Å². The van der Waals surface area contributed by atoms with E-state index in [1.54, 1.807) is 24.3 Å². The molecule has 7 heteroatoms. The molecule has 2 aromatic rings. The molecule has 0 saturated heterocycles. The SMILES string of the molecule is COc1cc(OC)nc(OC(Cl)(C#N)c2ccccc2)n1. The maximum Gasteiger partial charge on any atom is 0.325 e. The van der Waals surface area contributed by atoms with Gasteiger partial charge in [-0.2, -0.15) is 15.2 Å². The number of hydrogen-bond donors (Lipinski definition) is 0. The summed E-state index contributed by atoms with van der Waals surface area (Å²) in [7, 11) is 2.89. The quantitative estimate of drug-likeness (QED) is 0.790. The lowest BCUT2D eigenvalue weighted by Gasteiger charge is -2.20. The molecule has 2 rings (SSSR count). The molecule has 0 aliphatic rings. The van der Waals surface area contributed by atoms with Gasteiger partial charge in [-0.15, -0.1) is 0 Å². The lowest BCUT2D eigenvalue weighted by Crippen LogP contribution is -2.25. The Balaban J connectivity index is 2.37. The van der Waals surface area contributed by atoms with Crippen LogP contribution in [0.1, 0.15) is 5.56 Å². The molecule has 0 saturated carbocycles. The smallest absolute Gasteiger partial charge is 0.325 e. The van der Waals surface area contributed by atoms with Crippen LogP contribution < -0.4 is 14.2 Å². The van der Waals surface area contributed by atoms with Crippen molar-refractivity contribution >= 4 is 11.6 Å². The molecule has 108 valence electrons. The predicted molar refractivity (Wildman–Crippen MR) is 75.4 cm³/mol. The third-order valence-corrected chi connectivity index (χ3v) is 2.98. The zero-order chi connectivity index (χ0) is 15.3. The average Bonchev–Trinajstić information content (AvgIpc) is 2.55. The molecule has 0 aliphatic heterocycles. The van der Waals surface area contributed by atoms with E-state index in [1.807, 2.05) is 12.1 Å². The number of nitrogens with zero attached hydrogens (tertiary/aromatic N) is 3. The van der Waals surface area contributed by atoms with Crippen molar-refractivity contribution in [3.05, 3.63) is 42.0 Å². The molecule has 21 heavy (non-hydrogen) atoms. The second kappa shape index (κ2) is 6.29. The fourth-order valence-electron chi connectivity index (χ4n) is 1.56. The minimum Gasteiger partial charge on any atom is -0.481 e. The van der Waals surface area contributed by atoms with Crippen molar-refractivity contribution in [2.24, 2.45) is 0 Å². The van der Waals surface area contributed by atoms with Gasteiger partial charge in [0, 0.05) is 5.56 Å². The molecular formula is C14H12ClN3O3. The second-order valence-corrected chi connectivity index (χ2v) is 4.44. The summed E-state index contributed by atoms with van der Waals surface area (Å²) < 4.78 is 15.5. The van der Waals surface area contributed by atoms with Gasteiger partial charge in [0.25, 0.3) is 5.06 Å². The Bertz CT molecular complexity index is 638. The minimum atomic E-state index is -1.74. The molecule has 1 atom stereocenters. The van der Waals surface area contributed by atoms with Crippen LogP contribution in [0, 0.1) is 11.3 Å². The highest BCUT2D eigenvalue weighted by atomic mass is 35.5. The molecule has 0 spiro atoms. The Morgan fingerprint density at radius 1 is 1.10 bits per heavy atom. The van der Waals surface area contributed by atoms with Crippen LogP contribution in [0.2, 0.25) is 0 Å². The normalized spacial score (nSPS) is 12.9. The fourth-order valence-corrected chi connectivity index (χ4v) is 1.76. The number of ether oxygens (including phenoxy) is 3. The van der Waals surface area contributed by atoms with Crippen LogP contribution in [0.5, 0.6) is 17.8 Å². The molecule has 1 heterocycles. The number of rotatable bonds is 5. The summed E-state index contributed by atoms with van der Waals surface area (Å²) in [4.78, 5) is 7.97. The summed E-state index contributed by atoms with van der Waals surface area (Å²) in [6.45, 7) is 0. The number of aromatic nitrogens is 2. The monoisotopic (exact) mass is 305 g/mol. The highest BCUT2D eigenvalue weighted by Crippen LogP contribution is 2.31. The first-order chi connectivity index (χ1) is 10.1. The molecule has 1 aromatic heterocycles. The summed E-state index contributed by atoms with van der Waals surface area (Å²) in [5, 5.41) is 7.59. The summed E-state index contributed by atoms with van der Waals surface area (Å²) >= 11 is 6.23. The number of benzene rings is 1. The average molecular weight is 306 g/mol. The lowest BCUT2D eigenvalue weighted by atomic mass is 10.1. The van der Waals surface area contributed by atoms with Gasteiger partial charge in [-0.25, -0.2) is 0 Å². The number of methoxy groups -OCH3 is 2. The highest BCUT2D eigenvalue weighted by Gasteiger charge is 2.33. The minimum absolute atomic E-state index is 0.119. The second-order valence-electron chi connectivity index (χ2n) is 3.91. The third-order valence-electron chi connectivity index (χ3n) is 2.60. The molecule has 0 N–H and O–H groups in total. The van der Waals surface area contributed by atoms with Gasteiger partial charge in [-0.3, -0.25) is 0 Å². The molecule has 0 bridgehead atoms. The topological polar surface area (TPSA) is 77.3 Å². The van der Waals surface area contributed by atoms with Gasteiger partial charge in [0.15, 0.2) is 0 Å². The molecule has 0 radical (unpaired) electrons. The van der Waals surface area contributed by atoms with Crippen molar-refractivity contribution in [1.29, 1.82) is 5.26 Å². The molecule has 0 amide bonds. The van der Waals surface area contributed by atoms with Crippen LogP contribution in [-0.4, -0.2) is 24.2 Å². The van der Waals surface area contributed by atoms with Crippen LogP contribution in [0.15, 0.2) is 36.4 Å². The van der Waals surface area contributed by atoms with E-state index in [1.165, 1.54) is 20.3 Å². The Morgan fingerprint density at radius 3 is 2.14 bits per heavy atom. The van der Waals surface area contributed by atoms with Gasteiger partial charge in [-0.1, -0.05) is 41.9 Å². The van der Waals surface area contributed by atoms with E-state index in [2.05, 4.69) is 9.97 Å². The van der Waals surface area contributed by atoms with Gasteiger partial charge in [0.2, 0.25) is 11.8 Å². The Hall–Kier alpha value is -2.52. The van der Waals surface area contributed by atoms with E-state index in [9.17, 15) is 5.26 Å². The third kappa shape index (κ3) is 3.33. The Kier molecular flexibility index (Phi) is 4.45. The van der Waals surface area contributed by atoms with E-state index >= 15 is 0 Å². The predicted octanol–water partition coefficient (Wildman–Crippen LogP) is 2.49. The van der Waals surface area contributed by atoms with Gasteiger partial charge >= 0.3 is 6.01 Å². The molecule has 6 nitrogen and oxygen atoms in total. The number of hydrogen-bond acceptors (Lipinski definition) is 6. The number of nitriles is 1. The number of alkyl halides is 1. The van der Waals surface area contributed by atoms with Crippen molar-refractivity contribution in [2.75, 3.05) is 14.2 Å². The van der Waals surface area contributed by atoms with Gasteiger partial charge < -0.3 is 14.2 Å². The molecule has 0 aliphatic carbocycles. The largest absolute Gasteiger partial charge is 0.481 e. The van der Waals surface area contributed by atoms with Crippen molar-refractivity contribution < 1.29 is 14.2 Å². The van der Waals surface area contributed by atoms with E-state index < -0.39 is 5.06 Å². The summed E-state index contributed by atoms with van der Waals surface area (Å²) in [5.41, 5.74) is 0.472. The van der Waals surface area contributed by atoms with Crippen molar-refractivity contribution in [3.8, 4) is 23.8 Å². The molecule has 0 fully saturated rings. The van der Waals surface area contributed by atoms with Crippen LogP contribution in [0.4, 0.5) is 0 Å². The fraction of sp³-hybridized carbons (Fsp3) is 0.214. The van der Waals surface area contributed by atoms with E-state index in [-0.39, 0.29) is 17.8 Å². The van der Waals surface area contributed by atoms with Crippen LogP contribution in [0.25, 0.3) is 0 Å². The van der Waals surface area contributed by atoms with Crippen molar-refractivity contribution in [2.45, 2.75) is 5.06 Å². The zero-order valence-electron chi connectivity index (χ0n) is 11.4. The van der Waals surface area contributed by atoms with E-state index in [4.69, 9.17) is 25.8 Å².